The van der Waals surface area contributed by atoms with E-state index in [-0.39, 0.29) is 6.04 Å². The van der Waals surface area contributed by atoms with Crippen molar-refractivity contribution in [1.82, 2.24) is 14.9 Å². The number of hydrogen-bond acceptors (Lipinski definition) is 6. The summed E-state index contributed by atoms with van der Waals surface area (Å²) < 4.78 is 5.60. The molecule has 0 spiro atoms. The Balaban J connectivity index is 1.72. The fourth-order valence-electron chi connectivity index (χ4n) is 2.83. The molecule has 6 heteroatoms. The Morgan fingerprint density at radius 1 is 1.38 bits per heavy atom. The molecule has 3 N–H and O–H groups in total. The molecule has 0 aromatic carbocycles. The summed E-state index contributed by atoms with van der Waals surface area (Å²) in [6.45, 7) is 4.87. The average molecular weight is 287 g/mol. The van der Waals surface area contributed by atoms with Gasteiger partial charge in [0.25, 0.3) is 0 Å². The first kappa shape index (κ1) is 13.9. The van der Waals surface area contributed by atoms with Gasteiger partial charge in [0.2, 0.25) is 5.95 Å². The zero-order valence-electron chi connectivity index (χ0n) is 12.2. The molecule has 0 saturated carbocycles. The number of furan rings is 1. The molecule has 1 aliphatic heterocycles. The van der Waals surface area contributed by atoms with E-state index in [0.717, 1.165) is 36.9 Å². The van der Waals surface area contributed by atoms with Gasteiger partial charge in [0.1, 0.15) is 11.6 Å². The first-order chi connectivity index (χ1) is 10.2. The SMILES string of the molecule is Cc1cc(NC[C@H](c2ccco2)N2CCCC2)nc(N)n1. The minimum Gasteiger partial charge on any atom is -0.468 e. The van der Waals surface area contributed by atoms with E-state index in [4.69, 9.17) is 10.2 Å². The molecule has 112 valence electrons. The van der Waals surface area contributed by atoms with Crippen molar-refractivity contribution in [3.05, 3.63) is 35.9 Å². The Morgan fingerprint density at radius 2 is 2.19 bits per heavy atom. The molecule has 0 amide bonds. The number of aromatic nitrogens is 2. The Labute approximate surface area is 124 Å². The van der Waals surface area contributed by atoms with Crippen molar-refractivity contribution in [2.75, 3.05) is 30.7 Å². The van der Waals surface area contributed by atoms with Gasteiger partial charge in [-0.1, -0.05) is 0 Å². The second kappa shape index (κ2) is 6.13. The maximum atomic E-state index is 5.69. The highest BCUT2D eigenvalue weighted by molar-refractivity contribution is 5.40. The second-order valence-electron chi connectivity index (χ2n) is 5.41. The van der Waals surface area contributed by atoms with Crippen LogP contribution in [-0.2, 0) is 0 Å². The lowest BCUT2D eigenvalue weighted by atomic mass is 10.2. The molecule has 0 unspecified atom stereocenters. The molecular formula is C15H21N5O. The standard InChI is InChI=1S/C15H21N5O/c1-11-9-14(19-15(16)18-11)17-10-12(13-5-4-8-21-13)20-6-2-3-7-20/h4-5,8-9,12H,2-3,6-7,10H2,1H3,(H3,16,17,18,19)/t12-/m1/s1. The van der Waals surface area contributed by atoms with Gasteiger partial charge >= 0.3 is 0 Å². The van der Waals surface area contributed by atoms with E-state index in [1.165, 1.54) is 12.8 Å². The van der Waals surface area contributed by atoms with Gasteiger partial charge < -0.3 is 15.5 Å². The van der Waals surface area contributed by atoms with Crippen molar-refractivity contribution in [1.29, 1.82) is 0 Å². The highest BCUT2D eigenvalue weighted by atomic mass is 16.3. The van der Waals surface area contributed by atoms with Gasteiger partial charge in [-0.05, 0) is 45.0 Å². The van der Waals surface area contributed by atoms with E-state index in [0.29, 0.717) is 5.95 Å². The molecule has 1 aliphatic rings. The molecule has 2 aromatic rings. The van der Waals surface area contributed by atoms with Crippen LogP contribution in [0.1, 0.15) is 30.3 Å². The Kier molecular flexibility index (Phi) is 4.06. The smallest absolute Gasteiger partial charge is 0.222 e. The van der Waals surface area contributed by atoms with Crippen LogP contribution in [0, 0.1) is 6.92 Å². The fraction of sp³-hybridized carbons (Fsp3) is 0.467. The summed E-state index contributed by atoms with van der Waals surface area (Å²) in [6, 6.07) is 6.09. The largest absolute Gasteiger partial charge is 0.468 e. The lowest BCUT2D eigenvalue weighted by Gasteiger charge is -2.26. The van der Waals surface area contributed by atoms with Crippen LogP contribution in [0.4, 0.5) is 11.8 Å². The van der Waals surface area contributed by atoms with E-state index in [2.05, 4.69) is 20.2 Å². The van der Waals surface area contributed by atoms with E-state index in [9.17, 15) is 0 Å². The van der Waals surface area contributed by atoms with E-state index < -0.39 is 0 Å². The van der Waals surface area contributed by atoms with Gasteiger partial charge in [-0.3, -0.25) is 4.90 Å². The first-order valence-corrected chi connectivity index (χ1v) is 7.35. The number of nitrogens with two attached hydrogens (primary N) is 1. The van der Waals surface area contributed by atoms with E-state index in [1.807, 2.05) is 25.1 Å². The monoisotopic (exact) mass is 287 g/mol. The van der Waals surface area contributed by atoms with Crippen LogP contribution in [0.3, 0.4) is 0 Å². The molecule has 1 atom stereocenters. The minimum absolute atomic E-state index is 0.221. The third kappa shape index (κ3) is 3.33. The Morgan fingerprint density at radius 3 is 2.86 bits per heavy atom. The molecular weight excluding hydrogens is 266 g/mol. The van der Waals surface area contributed by atoms with Crippen LogP contribution >= 0.6 is 0 Å². The minimum atomic E-state index is 0.221. The third-order valence-corrected chi connectivity index (χ3v) is 3.80. The lowest BCUT2D eigenvalue weighted by Crippen LogP contribution is -2.31. The van der Waals surface area contributed by atoms with Crippen molar-refractivity contribution in [2.24, 2.45) is 0 Å². The van der Waals surface area contributed by atoms with Gasteiger partial charge in [-0.2, -0.15) is 4.98 Å². The summed E-state index contributed by atoms with van der Waals surface area (Å²) in [4.78, 5) is 10.8. The zero-order valence-corrected chi connectivity index (χ0v) is 12.2. The normalized spacial score (nSPS) is 17.0. The molecule has 1 fully saturated rings. The van der Waals surface area contributed by atoms with Gasteiger partial charge in [0, 0.05) is 18.3 Å². The number of nitrogens with zero attached hydrogens (tertiary/aromatic N) is 3. The van der Waals surface area contributed by atoms with Gasteiger partial charge in [0.15, 0.2) is 0 Å². The lowest BCUT2D eigenvalue weighted by molar-refractivity contribution is 0.225. The summed E-state index contributed by atoms with van der Waals surface area (Å²) >= 11 is 0. The number of nitrogen functional groups attached to an aromatic ring is 1. The second-order valence-corrected chi connectivity index (χ2v) is 5.41. The van der Waals surface area contributed by atoms with E-state index in [1.54, 1.807) is 6.26 Å². The molecule has 0 aliphatic carbocycles. The molecule has 2 aromatic heterocycles. The molecule has 0 bridgehead atoms. The van der Waals surface area contributed by atoms with Crippen molar-refractivity contribution in [2.45, 2.75) is 25.8 Å². The highest BCUT2D eigenvalue weighted by Gasteiger charge is 2.25. The van der Waals surface area contributed by atoms with Crippen LogP contribution in [0.2, 0.25) is 0 Å². The number of hydrogen-bond donors (Lipinski definition) is 2. The van der Waals surface area contributed by atoms with Crippen molar-refractivity contribution in [3.63, 3.8) is 0 Å². The van der Waals surface area contributed by atoms with Gasteiger partial charge in [0.05, 0.1) is 12.3 Å². The zero-order chi connectivity index (χ0) is 14.7. The quantitative estimate of drug-likeness (QED) is 0.877. The molecule has 6 nitrogen and oxygen atoms in total. The van der Waals surface area contributed by atoms with Crippen LogP contribution in [-0.4, -0.2) is 34.5 Å². The highest BCUT2D eigenvalue weighted by Crippen LogP contribution is 2.25. The molecule has 1 saturated heterocycles. The van der Waals surface area contributed by atoms with Gasteiger partial charge in [-0.15, -0.1) is 0 Å². The predicted octanol–water partition coefficient (Wildman–Crippen LogP) is 2.21. The maximum absolute atomic E-state index is 5.69. The van der Waals surface area contributed by atoms with Crippen LogP contribution in [0.15, 0.2) is 28.9 Å². The molecule has 0 radical (unpaired) electrons. The molecule has 3 heterocycles. The summed E-state index contributed by atoms with van der Waals surface area (Å²) in [5.41, 5.74) is 6.55. The summed E-state index contributed by atoms with van der Waals surface area (Å²) in [5.74, 6) is 2.05. The van der Waals surface area contributed by atoms with E-state index >= 15 is 0 Å². The van der Waals surface area contributed by atoms with Crippen molar-refractivity contribution >= 4 is 11.8 Å². The molecule has 21 heavy (non-hydrogen) atoms. The van der Waals surface area contributed by atoms with Crippen molar-refractivity contribution < 1.29 is 4.42 Å². The predicted molar refractivity (Wildman–Crippen MR) is 81.9 cm³/mol. The average Bonchev–Trinajstić information content (AvgIpc) is 3.10. The number of rotatable bonds is 5. The van der Waals surface area contributed by atoms with Crippen LogP contribution in [0.5, 0.6) is 0 Å². The third-order valence-electron chi connectivity index (χ3n) is 3.80. The summed E-state index contributed by atoms with van der Waals surface area (Å²) in [5, 5.41) is 3.36. The Bertz CT molecular complexity index is 558. The van der Waals surface area contributed by atoms with Gasteiger partial charge in [-0.25, -0.2) is 4.98 Å². The summed E-state index contributed by atoms with van der Waals surface area (Å²) in [6.07, 6.45) is 4.22. The topological polar surface area (TPSA) is 80.2 Å². The Hall–Kier alpha value is -2.08. The molecule has 3 rings (SSSR count). The number of aryl methyl sites for hydroxylation is 1. The first-order valence-electron chi connectivity index (χ1n) is 7.35. The summed E-state index contributed by atoms with van der Waals surface area (Å²) in [7, 11) is 0. The van der Waals surface area contributed by atoms with Crippen LogP contribution in [0.25, 0.3) is 0 Å². The van der Waals surface area contributed by atoms with Crippen molar-refractivity contribution in [3.8, 4) is 0 Å². The maximum Gasteiger partial charge on any atom is 0.222 e. The fourth-order valence-corrected chi connectivity index (χ4v) is 2.83. The number of nitrogens with one attached hydrogen (secondary N) is 1. The van der Waals surface area contributed by atoms with Crippen LogP contribution < -0.4 is 11.1 Å². The number of anilines is 2. The number of likely N-dealkylation sites (tertiary alicyclic amines) is 1.